The summed E-state index contributed by atoms with van der Waals surface area (Å²) in [5.41, 5.74) is 0.854. The van der Waals surface area contributed by atoms with Crippen LogP contribution < -0.4 is 20.1 Å². The van der Waals surface area contributed by atoms with Crippen LogP contribution in [0.3, 0.4) is 0 Å². The van der Waals surface area contributed by atoms with E-state index in [9.17, 15) is 9.59 Å². The van der Waals surface area contributed by atoms with Crippen molar-refractivity contribution in [3.05, 3.63) is 54.1 Å². The van der Waals surface area contributed by atoms with Gasteiger partial charge in [-0.2, -0.15) is 0 Å². The highest BCUT2D eigenvalue weighted by molar-refractivity contribution is 6.04. The molecule has 1 saturated heterocycles. The molecule has 3 rings (SSSR count). The minimum atomic E-state index is -0.693. The summed E-state index contributed by atoms with van der Waals surface area (Å²) >= 11 is 0. The second kappa shape index (κ2) is 10.6. The predicted molar refractivity (Wildman–Crippen MR) is 114 cm³/mol. The van der Waals surface area contributed by atoms with E-state index in [0.717, 1.165) is 19.4 Å². The van der Waals surface area contributed by atoms with Crippen LogP contribution in [-0.2, 0) is 9.53 Å². The van der Waals surface area contributed by atoms with Crippen LogP contribution in [0.5, 0.6) is 11.5 Å². The van der Waals surface area contributed by atoms with Crippen molar-refractivity contribution in [2.24, 2.45) is 0 Å². The van der Waals surface area contributed by atoms with Gasteiger partial charge in [0.1, 0.15) is 11.5 Å². The molecule has 0 radical (unpaired) electrons. The quantitative estimate of drug-likeness (QED) is 0.659. The molecule has 2 atom stereocenters. The number of methoxy groups -OCH3 is 1. The second-order valence-electron chi connectivity index (χ2n) is 7.07. The third-order valence-corrected chi connectivity index (χ3v) is 4.94. The zero-order chi connectivity index (χ0) is 21.3. The number of carbonyl (C=O) groups excluding carboxylic acids is 2. The number of carbonyl (C=O) groups is 2. The topological polar surface area (TPSA) is 85.9 Å². The normalized spacial score (nSPS) is 16.5. The summed E-state index contributed by atoms with van der Waals surface area (Å²) < 4.78 is 16.5. The van der Waals surface area contributed by atoms with Gasteiger partial charge in [0.25, 0.3) is 11.8 Å². The summed E-state index contributed by atoms with van der Waals surface area (Å²) in [6.07, 6.45) is 1.80. The molecule has 2 aromatic carbocycles. The maximum Gasteiger partial charge on any atom is 0.265 e. The van der Waals surface area contributed by atoms with Crippen molar-refractivity contribution >= 4 is 17.5 Å². The van der Waals surface area contributed by atoms with Gasteiger partial charge in [-0.25, -0.2) is 0 Å². The molecule has 2 N–H and O–H groups in total. The van der Waals surface area contributed by atoms with Crippen molar-refractivity contribution in [2.45, 2.75) is 38.4 Å². The van der Waals surface area contributed by atoms with Crippen LogP contribution in [0.25, 0.3) is 0 Å². The van der Waals surface area contributed by atoms with Crippen molar-refractivity contribution < 1.29 is 23.8 Å². The molecule has 0 aliphatic carbocycles. The Kier molecular flexibility index (Phi) is 7.68. The zero-order valence-corrected chi connectivity index (χ0v) is 17.4. The molecule has 160 valence electrons. The van der Waals surface area contributed by atoms with E-state index < -0.39 is 6.10 Å². The van der Waals surface area contributed by atoms with Gasteiger partial charge in [-0.05, 0) is 55.7 Å². The molecule has 0 bridgehead atoms. The van der Waals surface area contributed by atoms with Gasteiger partial charge in [-0.15, -0.1) is 0 Å². The van der Waals surface area contributed by atoms with Gasteiger partial charge in [0.15, 0.2) is 6.10 Å². The molecule has 30 heavy (non-hydrogen) atoms. The van der Waals surface area contributed by atoms with Crippen LogP contribution in [0.2, 0.25) is 0 Å². The maximum atomic E-state index is 12.8. The minimum Gasteiger partial charge on any atom is -0.497 e. The molecule has 1 heterocycles. The number of hydrogen-bond donors (Lipinski definition) is 2. The van der Waals surface area contributed by atoms with E-state index >= 15 is 0 Å². The highest BCUT2D eigenvalue weighted by atomic mass is 16.5. The lowest BCUT2D eigenvalue weighted by Gasteiger charge is -2.19. The molecule has 7 heteroatoms. The van der Waals surface area contributed by atoms with E-state index in [2.05, 4.69) is 10.6 Å². The van der Waals surface area contributed by atoms with Crippen molar-refractivity contribution in [3.8, 4) is 11.5 Å². The Morgan fingerprint density at radius 1 is 1.13 bits per heavy atom. The molecule has 0 aromatic heterocycles. The van der Waals surface area contributed by atoms with Gasteiger partial charge in [-0.1, -0.05) is 19.1 Å². The number of hydrogen-bond acceptors (Lipinski definition) is 5. The van der Waals surface area contributed by atoms with Crippen LogP contribution in [0, 0.1) is 0 Å². The molecule has 2 amide bonds. The van der Waals surface area contributed by atoms with E-state index in [4.69, 9.17) is 14.2 Å². The lowest BCUT2D eigenvalue weighted by molar-refractivity contribution is -0.122. The number of ether oxygens (including phenoxy) is 3. The first-order valence-electron chi connectivity index (χ1n) is 10.2. The van der Waals surface area contributed by atoms with Crippen molar-refractivity contribution in [1.82, 2.24) is 5.32 Å². The van der Waals surface area contributed by atoms with Crippen LogP contribution in [0.15, 0.2) is 48.5 Å². The largest absolute Gasteiger partial charge is 0.497 e. The predicted octanol–water partition coefficient (Wildman–Crippen LogP) is 3.40. The van der Waals surface area contributed by atoms with E-state index in [1.807, 2.05) is 6.92 Å². The third kappa shape index (κ3) is 5.73. The average Bonchev–Trinajstić information content (AvgIpc) is 3.30. The van der Waals surface area contributed by atoms with Crippen molar-refractivity contribution in [3.63, 3.8) is 0 Å². The number of amides is 2. The summed E-state index contributed by atoms with van der Waals surface area (Å²) in [5, 5.41) is 5.72. The number of anilines is 1. The Morgan fingerprint density at radius 3 is 2.53 bits per heavy atom. The Hall–Kier alpha value is -3.06. The Labute approximate surface area is 176 Å². The highest BCUT2D eigenvalue weighted by Gasteiger charge is 2.22. The fourth-order valence-electron chi connectivity index (χ4n) is 3.25. The molecule has 1 aliphatic rings. The van der Waals surface area contributed by atoms with E-state index in [1.165, 1.54) is 0 Å². The first-order chi connectivity index (χ1) is 14.6. The number of para-hydroxylation sites is 1. The maximum absolute atomic E-state index is 12.8. The summed E-state index contributed by atoms with van der Waals surface area (Å²) in [7, 11) is 1.59. The molecule has 0 spiro atoms. The smallest absolute Gasteiger partial charge is 0.265 e. The van der Waals surface area contributed by atoms with Crippen LogP contribution in [0.1, 0.15) is 36.5 Å². The number of rotatable bonds is 9. The average molecular weight is 412 g/mol. The van der Waals surface area contributed by atoms with E-state index in [1.54, 1.807) is 55.6 Å². The van der Waals surface area contributed by atoms with Crippen LogP contribution >= 0.6 is 0 Å². The van der Waals surface area contributed by atoms with Gasteiger partial charge >= 0.3 is 0 Å². The molecule has 7 nitrogen and oxygen atoms in total. The number of benzene rings is 2. The Morgan fingerprint density at radius 2 is 1.87 bits per heavy atom. The summed E-state index contributed by atoms with van der Waals surface area (Å²) in [6, 6.07) is 14.0. The van der Waals surface area contributed by atoms with Gasteiger partial charge in [0, 0.05) is 13.2 Å². The molecule has 2 aromatic rings. The Balaban J connectivity index is 1.63. The fraction of sp³-hybridized carbons (Fsp3) is 0.391. The summed E-state index contributed by atoms with van der Waals surface area (Å²) in [6.45, 7) is 3.06. The SMILES string of the molecule is CCC(Oc1ccc(OC)cc1)C(=O)Nc1ccccc1C(=O)NCC1CCCO1. The highest BCUT2D eigenvalue weighted by Crippen LogP contribution is 2.21. The Bertz CT molecular complexity index is 847. The molecule has 0 saturated carbocycles. The van der Waals surface area contributed by atoms with Gasteiger partial charge in [0.05, 0.1) is 24.5 Å². The molecular weight excluding hydrogens is 384 g/mol. The van der Waals surface area contributed by atoms with Crippen LogP contribution in [0.4, 0.5) is 5.69 Å². The first-order valence-corrected chi connectivity index (χ1v) is 10.2. The molecule has 1 fully saturated rings. The van der Waals surface area contributed by atoms with Gasteiger partial charge < -0.3 is 24.8 Å². The van der Waals surface area contributed by atoms with E-state index in [-0.39, 0.29) is 17.9 Å². The molecular formula is C23H28N2O5. The lowest BCUT2D eigenvalue weighted by Crippen LogP contribution is -2.35. The zero-order valence-electron chi connectivity index (χ0n) is 17.4. The number of nitrogens with one attached hydrogen (secondary N) is 2. The monoisotopic (exact) mass is 412 g/mol. The van der Waals surface area contributed by atoms with Gasteiger partial charge in [0.2, 0.25) is 0 Å². The van der Waals surface area contributed by atoms with Crippen molar-refractivity contribution in [1.29, 1.82) is 0 Å². The standard InChI is InChI=1S/C23H28N2O5/c1-3-21(30-17-12-10-16(28-2)11-13-17)23(27)25-20-9-5-4-8-19(20)22(26)24-15-18-7-6-14-29-18/h4-5,8-13,18,21H,3,6-7,14-15H2,1-2H3,(H,24,26)(H,25,27). The molecule has 2 unspecified atom stereocenters. The third-order valence-electron chi connectivity index (χ3n) is 4.94. The minimum absolute atomic E-state index is 0.0538. The molecule has 1 aliphatic heterocycles. The van der Waals surface area contributed by atoms with Gasteiger partial charge in [-0.3, -0.25) is 9.59 Å². The summed E-state index contributed by atoms with van der Waals surface area (Å²) in [5.74, 6) is 0.724. The van der Waals surface area contributed by atoms with Crippen LogP contribution in [-0.4, -0.2) is 44.3 Å². The fourth-order valence-corrected chi connectivity index (χ4v) is 3.25. The summed E-state index contributed by atoms with van der Waals surface area (Å²) in [4.78, 5) is 25.4. The second-order valence-corrected chi connectivity index (χ2v) is 7.07. The first kappa shape index (κ1) is 21.6. The van der Waals surface area contributed by atoms with E-state index in [0.29, 0.717) is 35.7 Å². The lowest BCUT2D eigenvalue weighted by atomic mass is 10.1. The van der Waals surface area contributed by atoms with Crippen molar-refractivity contribution in [2.75, 3.05) is 25.6 Å².